The molecule has 0 aliphatic heterocycles. The number of nitrogens with one attached hydrogen (secondary N) is 1. The van der Waals surface area contributed by atoms with E-state index in [1.54, 1.807) is 42.5 Å². The number of aliphatic hydroxyl groups excluding tert-OH is 1. The van der Waals surface area contributed by atoms with E-state index in [9.17, 15) is 4.79 Å². The molecule has 0 spiro atoms. The molecule has 23 heavy (non-hydrogen) atoms. The number of amides is 1. The fraction of sp³-hybridized carbons (Fsp3) is 0.222. The van der Waals surface area contributed by atoms with Crippen molar-refractivity contribution in [3.63, 3.8) is 0 Å². The Bertz CT molecular complexity index is 718. The summed E-state index contributed by atoms with van der Waals surface area (Å²) in [5, 5.41) is 20.3. The zero-order valence-electron chi connectivity index (χ0n) is 12.9. The summed E-state index contributed by atoms with van der Waals surface area (Å²) in [7, 11) is 0. The quantitative estimate of drug-likeness (QED) is 0.804. The molecule has 0 bridgehead atoms. The first kappa shape index (κ1) is 16.5. The van der Waals surface area contributed by atoms with Gasteiger partial charge in [0.1, 0.15) is 11.5 Å². The monoisotopic (exact) mass is 310 g/mol. The molecule has 2 aromatic carbocycles. The first-order chi connectivity index (χ1) is 11.1. The van der Waals surface area contributed by atoms with E-state index in [-0.39, 0.29) is 12.5 Å². The van der Waals surface area contributed by atoms with Crippen LogP contribution in [0.3, 0.4) is 0 Å². The van der Waals surface area contributed by atoms with Gasteiger partial charge in [0.05, 0.1) is 11.6 Å². The third-order valence-electron chi connectivity index (χ3n) is 3.27. The molecule has 0 saturated heterocycles. The molecule has 0 aliphatic rings. The van der Waals surface area contributed by atoms with Crippen molar-refractivity contribution in [2.45, 2.75) is 13.3 Å². The number of carbonyl (C=O) groups is 1. The number of ether oxygens (including phenoxy) is 1. The molecule has 0 atom stereocenters. The molecule has 2 aromatic rings. The Morgan fingerprint density at radius 1 is 1.26 bits per heavy atom. The number of hydrogen-bond donors (Lipinski definition) is 2. The minimum Gasteiger partial charge on any atom is -0.457 e. The second-order valence-corrected chi connectivity index (χ2v) is 5.05. The van der Waals surface area contributed by atoms with Gasteiger partial charge in [-0.1, -0.05) is 0 Å². The highest BCUT2D eigenvalue weighted by atomic mass is 16.5. The molecule has 0 aromatic heterocycles. The van der Waals surface area contributed by atoms with Crippen LogP contribution in [0.25, 0.3) is 0 Å². The van der Waals surface area contributed by atoms with E-state index in [0.717, 1.165) is 5.56 Å². The number of carbonyl (C=O) groups excluding carboxylic acids is 1. The van der Waals surface area contributed by atoms with Gasteiger partial charge in [-0.2, -0.15) is 5.26 Å². The molecule has 0 unspecified atom stereocenters. The summed E-state index contributed by atoms with van der Waals surface area (Å²) in [4.78, 5) is 11.8. The van der Waals surface area contributed by atoms with E-state index < -0.39 is 0 Å². The molecule has 5 nitrogen and oxygen atoms in total. The molecule has 0 aliphatic carbocycles. The molecular formula is C18H18N2O3. The molecule has 0 radical (unpaired) electrons. The fourth-order valence-corrected chi connectivity index (χ4v) is 2.02. The zero-order valence-corrected chi connectivity index (χ0v) is 12.9. The average Bonchev–Trinajstić information content (AvgIpc) is 2.57. The second-order valence-electron chi connectivity index (χ2n) is 5.05. The Labute approximate surface area is 135 Å². The van der Waals surface area contributed by atoms with Crippen LogP contribution in [0.4, 0.5) is 0 Å². The number of rotatable bonds is 6. The molecule has 118 valence electrons. The van der Waals surface area contributed by atoms with Gasteiger partial charge >= 0.3 is 0 Å². The summed E-state index contributed by atoms with van der Waals surface area (Å²) >= 11 is 0. The summed E-state index contributed by atoms with van der Waals surface area (Å²) in [6, 6.07) is 14.1. The highest BCUT2D eigenvalue weighted by Gasteiger charge is 2.06. The maximum absolute atomic E-state index is 11.8. The van der Waals surface area contributed by atoms with E-state index in [1.165, 1.54) is 0 Å². The van der Waals surface area contributed by atoms with Crippen LogP contribution in [0.2, 0.25) is 0 Å². The van der Waals surface area contributed by atoms with Crippen molar-refractivity contribution >= 4 is 5.91 Å². The van der Waals surface area contributed by atoms with Gasteiger partial charge < -0.3 is 15.2 Å². The molecule has 0 heterocycles. The molecule has 1 amide bonds. The van der Waals surface area contributed by atoms with Gasteiger partial charge in [0, 0.05) is 18.7 Å². The molecule has 0 saturated carbocycles. The molecular weight excluding hydrogens is 292 g/mol. The predicted octanol–water partition coefficient (Wildman–Crippen LogP) is 2.77. The first-order valence-electron chi connectivity index (χ1n) is 7.32. The van der Waals surface area contributed by atoms with Crippen LogP contribution in [-0.4, -0.2) is 24.2 Å². The average molecular weight is 310 g/mol. The van der Waals surface area contributed by atoms with Gasteiger partial charge in [-0.05, 0) is 61.4 Å². The number of nitrogens with zero attached hydrogens (tertiary/aromatic N) is 1. The lowest BCUT2D eigenvalue weighted by atomic mass is 10.1. The van der Waals surface area contributed by atoms with Crippen molar-refractivity contribution in [3.05, 3.63) is 59.2 Å². The van der Waals surface area contributed by atoms with Gasteiger partial charge in [-0.15, -0.1) is 0 Å². The van der Waals surface area contributed by atoms with Gasteiger partial charge in [-0.3, -0.25) is 4.79 Å². The Morgan fingerprint density at radius 3 is 2.61 bits per heavy atom. The van der Waals surface area contributed by atoms with E-state index in [2.05, 4.69) is 11.4 Å². The third-order valence-corrected chi connectivity index (χ3v) is 3.27. The van der Waals surface area contributed by atoms with Gasteiger partial charge in [-0.25, -0.2) is 0 Å². The highest BCUT2D eigenvalue weighted by molar-refractivity contribution is 5.94. The van der Waals surface area contributed by atoms with E-state index in [1.807, 2.05) is 6.92 Å². The van der Waals surface area contributed by atoms with Crippen molar-refractivity contribution in [1.82, 2.24) is 5.32 Å². The molecule has 2 N–H and O–H groups in total. The lowest BCUT2D eigenvalue weighted by Crippen LogP contribution is -2.24. The Morgan fingerprint density at radius 2 is 2.00 bits per heavy atom. The van der Waals surface area contributed by atoms with Crippen LogP contribution in [0.1, 0.15) is 27.9 Å². The Balaban J connectivity index is 2.03. The van der Waals surface area contributed by atoms with E-state index >= 15 is 0 Å². The molecule has 0 fully saturated rings. The van der Waals surface area contributed by atoms with Crippen LogP contribution in [0, 0.1) is 18.3 Å². The largest absolute Gasteiger partial charge is 0.457 e. The van der Waals surface area contributed by atoms with Crippen molar-refractivity contribution in [1.29, 1.82) is 5.26 Å². The second kappa shape index (κ2) is 7.97. The maximum Gasteiger partial charge on any atom is 0.251 e. The molecule has 5 heteroatoms. The van der Waals surface area contributed by atoms with Gasteiger partial charge in [0.25, 0.3) is 5.91 Å². The topological polar surface area (TPSA) is 82.3 Å². The summed E-state index contributed by atoms with van der Waals surface area (Å²) < 4.78 is 5.77. The summed E-state index contributed by atoms with van der Waals surface area (Å²) in [6.07, 6.45) is 0.533. The van der Waals surface area contributed by atoms with Crippen molar-refractivity contribution < 1.29 is 14.6 Å². The van der Waals surface area contributed by atoms with Crippen molar-refractivity contribution in [2.24, 2.45) is 0 Å². The van der Waals surface area contributed by atoms with Crippen molar-refractivity contribution in [2.75, 3.05) is 13.2 Å². The van der Waals surface area contributed by atoms with E-state index in [0.29, 0.717) is 35.6 Å². The van der Waals surface area contributed by atoms with Gasteiger partial charge in [0.15, 0.2) is 0 Å². The first-order valence-corrected chi connectivity index (χ1v) is 7.32. The number of hydrogen-bond acceptors (Lipinski definition) is 4. The summed E-state index contributed by atoms with van der Waals surface area (Å²) in [6.45, 7) is 2.37. The standard InChI is InChI=1S/C18H18N2O3/c1-13-11-14(12-19)3-8-17(13)23-16-6-4-15(5-7-16)18(22)20-9-2-10-21/h3-8,11,21H,2,9-10H2,1H3,(H,20,22). The SMILES string of the molecule is Cc1cc(C#N)ccc1Oc1ccc(C(=O)NCCCO)cc1. The van der Waals surface area contributed by atoms with Crippen molar-refractivity contribution in [3.8, 4) is 17.6 Å². The Kier molecular flexibility index (Phi) is 5.73. The maximum atomic E-state index is 11.8. The minimum absolute atomic E-state index is 0.0526. The van der Waals surface area contributed by atoms with Crippen LogP contribution in [0.15, 0.2) is 42.5 Å². The van der Waals surface area contributed by atoms with Crippen LogP contribution in [-0.2, 0) is 0 Å². The smallest absolute Gasteiger partial charge is 0.251 e. The molecule has 2 rings (SSSR count). The summed E-state index contributed by atoms with van der Waals surface area (Å²) in [5.41, 5.74) is 1.99. The van der Waals surface area contributed by atoms with Crippen LogP contribution >= 0.6 is 0 Å². The van der Waals surface area contributed by atoms with Gasteiger partial charge in [0.2, 0.25) is 0 Å². The number of aryl methyl sites for hydroxylation is 1. The lowest BCUT2D eigenvalue weighted by molar-refractivity contribution is 0.0951. The summed E-state index contributed by atoms with van der Waals surface area (Å²) in [5.74, 6) is 1.11. The van der Waals surface area contributed by atoms with Crippen LogP contribution in [0.5, 0.6) is 11.5 Å². The van der Waals surface area contributed by atoms with E-state index in [4.69, 9.17) is 15.1 Å². The fourth-order valence-electron chi connectivity index (χ4n) is 2.02. The number of aliphatic hydroxyl groups is 1. The minimum atomic E-state index is -0.181. The zero-order chi connectivity index (χ0) is 16.7. The number of nitriles is 1. The predicted molar refractivity (Wildman–Crippen MR) is 86.4 cm³/mol. The lowest BCUT2D eigenvalue weighted by Gasteiger charge is -2.10. The normalized spacial score (nSPS) is 9.96. The van der Waals surface area contributed by atoms with Crippen LogP contribution < -0.4 is 10.1 Å². The Hall–Kier alpha value is -2.84. The number of benzene rings is 2. The third kappa shape index (κ3) is 4.56. The highest BCUT2D eigenvalue weighted by Crippen LogP contribution is 2.25.